The third-order valence-electron chi connectivity index (χ3n) is 3.39. The van der Waals surface area contributed by atoms with Crippen LogP contribution in [0.5, 0.6) is 0 Å². The average Bonchev–Trinajstić information content (AvgIpc) is 2.91. The van der Waals surface area contributed by atoms with Gasteiger partial charge in [0.2, 0.25) is 5.91 Å². The van der Waals surface area contributed by atoms with E-state index >= 15 is 0 Å². The molecule has 2 N–H and O–H groups in total. The van der Waals surface area contributed by atoms with E-state index in [1.54, 1.807) is 13.2 Å². The number of nitrogens with one attached hydrogen (secondary N) is 1. The molecule has 0 aliphatic carbocycles. The first-order valence-electron chi connectivity index (χ1n) is 7.05. The van der Waals surface area contributed by atoms with Gasteiger partial charge in [0.1, 0.15) is 5.76 Å². The molecule has 0 saturated carbocycles. The van der Waals surface area contributed by atoms with Crippen molar-refractivity contribution in [3.63, 3.8) is 0 Å². The highest BCUT2D eigenvalue weighted by molar-refractivity contribution is 5.77. The lowest BCUT2D eigenvalue weighted by atomic mass is 10.2. The van der Waals surface area contributed by atoms with Crippen molar-refractivity contribution >= 4 is 5.91 Å². The Morgan fingerprint density at radius 2 is 2.10 bits per heavy atom. The molecule has 0 aromatic carbocycles. The molecule has 0 radical (unpaired) electrons. The lowest BCUT2D eigenvalue weighted by Gasteiger charge is -2.34. The Morgan fingerprint density at radius 1 is 1.40 bits per heavy atom. The molecule has 1 saturated heterocycles. The van der Waals surface area contributed by atoms with Crippen molar-refractivity contribution in [2.24, 2.45) is 0 Å². The zero-order valence-electron chi connectivity index (χ0n) is 11.9. The van der Waals surface area contributed by atoms with E-state index in [-0.39, 0.29) is 12.0 Å². The number of piperazine rings is 1. The third kappa shape index (κ3) is 4.96. The summed E-state index contributed by atoms with van der Waals surface area (Å²) >= 11 is 0. The van der Waals surface area contributed by atoms with Crippen LogP contribution >= 0.6 is 0 Å². The van der Waals surface area contributed by atoms with E-state index < -0.39 is 0 Å². The summed E-state index contributed by atoms with van der Waals surface area (Å²) in [6, 6.07) is 3.65. The van der Waals surface area contributed by atoms with Gasteiger partial charge < -0.3 is 14.8 Å². The van der Waals surface area contributed by atoms with Crippen molar-refractivity contribution < 1.29 is 14.3 Å². The molecular weight excluding hydrogens is 258 g/mol. The highest BCUT2D eigenvalue weighted by atomic mass is 16.3. The Bertz CT molecular complexity index is 398. The molecular formula is C14H23N3O3. The highest BCUT2D eigenvalue weighted by Crippen LogP contribution is 2.03. The summed E-state index contributed by atoms with van der Waals surface area (Å²) in [5.74, 6) is 0.783. The first-order chi connectivity index (χ1) is 9.63. The van der Waals surface area contributed by atoms with Gasteiger partial charge in [-0.2, -0.15) is 0 Å². The van der Waals surface area contributed by atoms with Crippen LogP contribution in [0, 0.1) is 0 Å². The molecule has 1 aromatic heterocycles. The Morgan fingerprint density at radius 3 is 2.70 bits per heavy atom. The lowest BCUT2D eigenvalue weighted by molar-refractivity contribution is -0.123. The second kappa shape index (κ2) is 7.42. The van der Waals surface area contributed by atoms with Crippen LogP contribution in [0.3, 0.4) is 0 Å². The maximum atomic E-state index is 11.8. The van der Waals surface area contributed by atoms with Gasteiger partial charge >= 0.3 is 0 Å². The van der Waals surface area contributed by atoms with E-state index in [1.807, 2.05) is 12.1 Å². The number of rotatable bonds is 6. The van der Waals surface area contributed by atoms with Gasteiger partial charge in [0.15, 0.2) is 0 Å². The fourth-order valence-corrected chi connectivity index (χ4v) is 2.36. The summed E-state index contributed by atoms with van der Waals surface area (Å²) < 4.78 is 5.17. The molecule has 0 unspecified atom stereocenters. The van der Waals surface area contributed by atoms with Crippen LogP contribution in [-0.4, -0.2) is 66.2 Å². The minimum Gasteiger partial charge on any atom is -0.467 e. The number of amides is 1. The van der Waals surface area contributed by atoms with Crippen LogP contribution in [0.4, 0.5) is 0 Å². The highest BCUT2D eigenvalue weighted by Gasteiger charge is 2.19. The van der Waals surface area contributed by atoms with E-state index in [0.717, 1.165) is 31.9 Å². The molecule has 6 heteroatoms. The number of β-amino-alcohol motifs (C(OH)–C–C–N with tert-alkyl or cyclic N) is 1. The molecule has 1 atom stereocenters. The number of aliphatic hydroxyl groups excluding tert-OH is 1. The molecule has 1 amide bonds. The van der Waals surface area contributed by atoms with E-state index in [9.17, 15) is 9.90 Å². The van der Waals surface area contributed by atoms with E-state index in [0.29, 0.717) is 19.6 Å². The monoisotopic (exact) mass is 281 g/mol. The first-order valence-corrected chi connectivity index (χ1v) is 7.05. The van der Waals surface area contributed by atoms with Crippen LogP contribution in [0.2, 0.25) is 0 Å². The summed E-state index contributed by atoms with van der Waals surface area (Å²) in [6.07, 6.45) is 1.31. The predicted molar refractivity (Wildman–Crippen MR) is 75.1 cm³/mol. The number of aliphatic hydroxyl groups is 1. The van der Waals surface area contributed by atoms with Crippen LogP contribution in [0.1, 0.15) is 12.7 Å². The molecule has 1 aliphatic heterocycles. The van der Waals surface area contributed by atoms with Crippen molar-refractivity contribution in [2.45, 2.75) is 19.6 Å². The van der Waals surface area contributed by atoms with Gasteiger partial charge in [0, 0.05) is 32.7 Å². The lowest BCUT2D eigenvalue weighted by Crippen LogP contribution is -2.50. The van der Waals surface area contributed by atoms with Crippen molar-refractivity contribution in [3.8, 4) is 0 Å². The number of carbonyl (C=O) groups is 1. The minimum atomic E-state index is -0.293. The fourth-order valence-electron chi connectivity index (χ4n) is 2.36. The van der Waals surface area contributed by atoms with E-state index in [1.165, 1.54) is 0 Å². The van der Waals surface area contributed by atoms with Gasteiger partial charge in [-0.15, -0.1) is 0 Å². The van der Waals surface area contributed by atoms with Crippen LogP contribution in [0.25, 0.3) is 0 Å². The smallest absolute Gasteiger partial charge is 0.234 e. The molecule has 6 nitrogen and oxygen atoms in total. The minimum absolute atomic E-state index is 0.0189. The second-order valence-electron chi connectivity index (χ2n) is 5.28. The summed E-state index contributed by atoms with van der Waals surface area (Å²) in [5.41, 5.74) is 0. The molecule has 0 bridgehead atoms. The van der Waals surface area contributed by atoms with E-state index in [2.05, 4.69) is 15.1 Å². The van der Waals surface area contributed by atoms with Gasteiger partial charge in [-0.1, -0.05) is 0 Å². The van der Waals surface area contributed by atoms with Gasteiger partial charge in [0.05, 0.1) is 25.5 Å². The number of nitrogens with zero attached hydrogens (tertiary/aromatic N) is 2. The number of hydrogen-bond acceptors (Lipinski definition) is 5. The summed E-state index contributed by atoms with van der Waals surface area (Å²) in [7, 11) is 0. The maximum Gasteiger partial charge on any atom is 0.234 e. The van der Waals surface area contributed by atoms with Crippen molar-refractivity contribution in [1.29, 1.82) is 0 Å². The van der Waals surface area contributed by atoms with Crippen molar-refractivity contribution in [2.75, 3.05) is 39.3 Å². The van der Waals surface area contributed by atoms with Crippen LogP contribution < -0.4 is 5.32 Å². The Balaban J connectivity index is 1.63. The number of hydrogen-bond donors (Lipinski definition) is 2. The largest absolute Gasteiger partial charge is 0.467 e. The van der Waals surface area contributed by atoms with E-state index in [4.69, 9.17) is 4.42 Å². The molecule has 0 spiro atoms. The van der Waals surface area contributed by atoms with Crippen molar-refractivity contribution in [1.82, 2.24) is 15.1 Å². The molecule has 2 heterocycles. The average molecular weight is 281 g/mol. The maximum absolute atomic E-state index is 11.8. The molecule has 1 fully saturated rings. The zero-order valence-corrected chi connectivity index (χ0v) is 11.9. The first kappa shape index (κ1) is 15.0. The Labute approximate surface area is 119 Å². The molecule has 20 heavy (non-hydrogen) atoms. The Hall–Kier alpha value is -1.37. The quantitative estimate of drug-likeness (QED) is 0.762. The van der Waals surface area contributed by atoms with Gasteiger partial charge in [-0.3, -0.25) is 14.6 Å². The van der Waals surface area contributed by atoms with Gasteiger partial charge in [0.25, 0.3) is 0 Å². The predicted octanol–water partition coefficient (Wildman–Crippen LogP) is -0.106. The standard InChI is InChI=1S/C14H23N3O3/c1-12(18)10-16-4-6-17(7-5-16)11-14(19)15-9-13-3-2-8-20-13/h2-3,8,12,18H,4-7,9-11H2,1H3,(H,15,19)/t12-/m0/s1. The molecule has 1 aliphatic rings. The van der Waals surface area contributed by atoms with Gasteiger partial charge in [-0.05, 0) is 19.1 Å². The summed E-state index contributed by atoms with van der Waals surface area (Å²) in [4.78, 5) is 16.2. The second-order valence-corrected chi connectivity index (χ2v) is 5.28. The van der Waals surface area contributed by atoms with Crippen LogP contribution in [0.15, 0.2) is 22.8 Å². The van der Waals surface area contributed by atoms with Crippen molar-refractivity contribution in [3.05, 3.63) is 24.2 Å². The molecule has 112 valence electrons. The molecule has 1 aromatic rings. The van der Waals surface area contributed by atoms with Crippen LogP contribution in [-0.2, 0) is 11.3 Å². The Kier molecular flexibility index (Phi) is 5.58. The molecule has 2 rings (SSSR count). The summed E-state index contributed by atoms with van der Waals surface area (Å²) in [5, 5.41) is 12.2. The number of furan rings is 1. The zero-order chi connectivity index (χ0) is 14.4. The summed E-state index contributed by atoms with van der Waals surface area (Å²) in [6.45, 7) is 6.89. The normalized spacial score (nSPS) is 18.9. The SMILES string of the molecule is C[C@H](O)CN1CCN(CC(=O)NCc2ccco2)CC1. The fraction of sp³-hybridized carbons (Fsp3) is 0.643. The van der Waals surface area contributed by atoms with Gasteiger partial charge in [-0.25, -0.2) is 0 Å². The number of carbonyl (C=O) groups excluding carboxylic acids is 1. The third-order valence-corrected chi connectivity index (χ3v) is 3.39. The topological polar surface area (TPSA) is 69.0 Å².